The Morgan fingerprint density at radius 1 is 1.06 bits per heavy atom. The molecule has 2 aromatic heterocycles. The van der Waals surface area contributed by atoms with Crippen LogP contribution in [0.15, 0.2) is 85.0 Å². The Bertz CT molecular complexity index is 1310. The fourth-order valence-electron chi connectivity index (χ4n) is 4.52. The zero-order chi connectivity index (χ0) is 21.5. The highest BCUT2D eigenvalue weighted by Gasteiger charge is 2.41. The van der Waals surface area contributed by atoms with E-state index in [9.17, 15) is 0 Å². The maximum atomic E-state index is 6.66. The molecule has 0 aliphatic carbocycles. The van der Waals surface area contributed by atoms with Crippen molar-refractivity contribution in [1.29, 1.82) is 0 Å². The van der Waals surface area contributed by atoms with Gasteiger partial charge < -0.3 is 14.8 Å². The predicted octanol–water partition coefficient (Wildman–Crippen LogP) is 4.63. The normalized spacial score (nSPS) is 18.7. The molecule has 2 aliphatic rings. The van der Waals surface area contributed by atoms with Crippen LogP contribution in [0.2, 0.25) is 0 Å². The first-order valence-electron chi connectivity index (χ1n) is 10.6. The van der Waals surface area contributed by atoms with Gasteiger partial charge in [0, 0.05) is 29.1 Å². The van der Waals surface area contributed by atoms with E-state index in [-0.39, 0.29) is 12.1 Å². The van der Waals surface area contributed by atoms with Crippen LogP contribution in [0.4, 0.5) is 5.95 Å². The van der Waals surface area contributed by atoms with Crippen LogP contribution in [0, 0.1) is 0 Å². The first-order valence-corrected chi connectivity index (χ1v) is 10.6. The number of rotatable bonds is 4. The molecule has 2 aromatic carbocycles. The Kier molecular flexibility index (Phi) is 4.38. The monoisotopic (exact) mass is 423 g/mol. The number of pyridine rings is 1. The van der Waals surface area contributed by atoms with Crippen LogP contribution < -0.4 is 14.8 Å². The van der Waals surface area contributed by atoms with Crippen LogP contribution in [-0.4, -0.2) is 26.4 Å². The molecule has 7 nitrogen and oxygen atoms in total. The largest absolute Gasteiger partial charge is 0.493 e. The molecule has 2 aliphatic heterocycles. The summed E-state index contributed by atoms with van der Waals surface area (Å²) in [6, 6.07) is 19.9. The third-order valence-electron chi connectivity index (χ3n) is 5.82. The maximum Gasteiger partial charge on any atom is 0.226 e. The molecular formula is C25H21N5O2. The van der Waals surface area contributed by atoms with Gasteiger partial charge in [0.05, 0.1) is 12.3 Å². The number of fused-ring (bicyclic) bond motifs is 3. The molecule has 0 saturated carbocycles. The highest BCUT2D eigenvalue weighted by Crippen LogP contribution is 2.51. The molecule has 0 saturated heterocycles. The second-order valence-electron chi connectivity index (χ2n) is 7.64. The highest BCUT2D eigenvalue weighted by atomic mass is 16.5. The van der Waals surface area contributed by atoms with Crippen molar-refractivity contribution in [2.75, 3.05) is 11.9 Å². The summed E-state index contributed by atoms with van der Waals surface area (Å²) in [5.74, 6) is 2.31. The van der Waals surface area contributed by atoms with Gasteiger partial charge in [0.25, 0.3) is 0 Å². The van der Waals surface area contributed by atoms with E-state index in [4.69, 9.17) is 9.47 Å². The molecule has 2 atom stereocenters. The van der Waals surface area contributed by atoms with E-state index in [0.717, 1.165) is 39.5 Å². The number of anilines is 1. The molecule has 0 radical (unpaired) electrons. The Hall–Kier alpha value is -4.13. The second-order valence-corrected chi connectivity index (χ2v) is 7.64. The number of aromatic nitrogens is 4. The third kappa shape index (κ3) is 2.85. The zero-order valence-electron chi connectivity index (χ0n) is 17.5. The van der Waals surface area contributed by atoms with Gasteiger partial charge in [-0.3, -0.25) is 4.98 Å². The molecule has 0 unspecified atom stereocenters. The minimum atomic E-state index is -0.377. The van der Waals surface area contributed by atoms with Gasteiger partial charge in [-0.1, -0.05) is 36.4 Å². The highest BCUT2D eigenvalue weighted by molar-refractivity contribution is 5.85. The van der Waals surface area contributed by atoms with Crippen LogP contribution in [-0.2, 0) is 0 Å². The minimum absolute atomic E-state index is 0.231. The zero-order valence-corrected chi connectivity index (χ0v) is 17.5. The number of hydrogen-bond acceptors (Lipinski definition) is 6. The van der Waals surface area contributed by atoms with E-state index in [0.29, 0.717) is 12.6 Å². The van der Waals surface area contributed by atoms with Crippen LogP contribution in [0.1, 0.15) is 35.8 Å². The number of nitrogens with zero attached hydrogens (tertiary/aromatic N) is 4. The molecule has 32 heavy (non-hydrogen) atoms. The van der Waals surface area contributed by atoms with E-state index in [1.54, 1.807) is 12.5 Å². The van der Waals surface area contributed by atoms with Crippen molar-refractivity contribution in [2.45, 2.75) is 19.1 Å². The molecule has 0 bridgehead atoms. The number of benzene rings is 2. The van der Waals surface area contributed by atoms with Gasteiger partial charge >= 0.3 is 0 Å². The van der Waals surface area contributed by atoms with Crippen LogP contribution in [0.3, 0.4) is 0 Å². The van der Waals surface area contributed by atoms with E-state index in [1.807, 2.05) is 60.3 Å². The Balaban J connectivity index is 1.63. The van der Waals surface area contributed by atoms with Crippen molar-refractivity contribution in [3.63, 3.8) is 0 Å². The first kappa shape index (κ1) is 18.6. The van der Waals surface area contributed by atoms with E-state index >= 15 is 0 Å². The smallest absolute Gasteiger partial charge is 0.226 e. The molecule has 0 spiro atoms. The summed E-state index contributed by atoms with van der Waals surface area (Å²) in [4.78, 5) is 8.84. The van der Waals surface area contributed by atoms with Crippen molar-refractivity contribution in [1.82, 2.24) is 19.7 Å². The van der Waals surface area contributed by atoms with E-state index in [1.165, 1.54) is 0 Å². The van der Waals surface area contributed by atoms with Crippen LogP contribution in [0.25, 0.3) is 5.70 Å². The van der Waals surface area contributed by atoms with Crippen LogP contribution in [0.5, 0.6) is 11.5 Å². The van der Waals surface area contributed by atoms with Crippen molar-refractivity contribution >= 4 is 11.6 Å². The number of hydrogen-bond donors (Lipinski definition) is 1. The number of nitrogens with one attached hydrogen (secondary N) is 1. The SMILES string of the molecule is CCOc1ccccc1[C@H]1Oc2ccccc2C2=C1[C@@H](c1cccnc1)n1ncnc1N2. The molecule has 0 fully saturated rings. The number of ether oxygens (including phenoxy) is 2. The number of para-hydroxylation sites is 2. The standard InChI is InChI=1S/C25H21N5O2/c1-2-31-19-11-5-4-10-18(19)24-21-22(17-9-3-6-12-20(17)32-24)29-25-27-15-28-30(25)23(21)16-8-7-13-26-14-16/h3-15,23-24H,2H2,1H3,(H,27,28,29)/t23-,24-/m1/s1. The van der Waals surface area contributed by atoms with Crippen molar-refractivity contribution in [3.05, 3.63) is 102 Å². The van der Waals surface area contributed by atoms with Gasteiger partial charge in [-0.15, -0.1) is 0 Å². The van der Waals surface area contributed by atoms with E-state index < -0.39 is 0 Å². The minimum Gasteiger partial charge on any atom is -0.493 e. The quantitative estimate of drug-likeness (QED) is 0.516. The lowest BCUT2D eigenvalue weighted by Crippen LogP contribution is -2.32. The Morgan fingerprint density at radius 3 is 2.81 bits per heavy atom. The van der Waals surface area contributed by atoms with Gasteiger partial charge in [0.1, 0.15) is 23.9 Å². The first-order chi connectivity index (χ1) is 15.8. The topological polar surface area (TPSA) is 74.1 Å². The van der Waals surface area contributed by atoms with Gasteiger partial charge in [-0.2, -0.15) is 10.1 Å². The summed E-state index contributed by atoms with van der Waals surface area (Å²) < 4.78 is 14.5. The molecule has 7 heteroatoms. The molecule has 6 rings (SSSR count). The summed E-state index contributed by atoms with van der Waals surface area (Å²) in [6.45, 7) is 2.56. The molecule has 0 amide bonds. The van der Waals surface area contributed by atoms with Gasteiger partial charge in [0.2, 0.25) is 5.95 Å². The molecular weight excluding hydrogens is 402 g/mol. The molecule has 4 heterocycles. The Morgan fingerprint density at radius 2 is 1.94 bits per heavy atom. The van der Waals surface area contributed by atoms with Crippen LogP contribution >= 0.6 is 0 Å². The third-order valence-corrected chi connectivity index (χ3v) is 5.82. The lowest BCUT2D eigenvalue weighted by atomic mass is 9.85. The van der Waals surface area contributed by atoms with Crippen molar-refractivity contribution in [2.24, 2.45) is 0 Å². The second kappa shape index (κ2) is 7.53. The van der Waals surface area contributed by atoms with Gasteiger partial charge in [0.15, 0.2) is 6.10 Å². The summed E-state index contributed by atoms with van der Waals surface area (Å²) in [7, 11) is 0. The predicted molar refractivity (Wildman–Crippen MR) is 120 cm³/mol. The van der Waals surface area contributed by atoms with Gasteiger partial charge in [-0.25, -0.2) is 4.68 Å². The maximum absolute atomic E-state index is 6.66. The fraction of sp³-hybridized carbons (Fsp3) is 0.160. The van der Waals surface area contributed by atoms with Crippen molar-refractivity contribution < 1.29 is 9.47 Å². The lowest BCUT2D eigenvalue weighted by molar-refractivity contribution is 0.215. The van der Waals surface area contributed by atoms with E-state index in [2.05, 4.69) is 38.6 Å². The lowest BCUT2D eigenvalue weighted by Gasteiger charge is -2.39. The Labute approximate surface area is 185 Å². The average Bonchev–Trinajstić information content (AvgIpc) is 3.32. The summed E-state index contributed by atoms with van der Waals surface area (Å²) in [5, 5.41) is 8.06. The van der Waals surface area contributed by atoms with Gasteiger partial charge in [-0.05, 0) is 36.8 Å². The summed E-state index contributed by atoms with van der Waals surface area (Å²) in [5.41, 5.74) is 5.00. The van der Waals surface area contributed by atoms with Crippen molar-refractivity contribution in [3.8, 4) is 11.5 Å². The summed E-state index contributed by atoms with van der Waals surface area (Å²) >= 11 is 0. The summed E-state index contributed by atoms with van der Waals surface area (Å²) in [6.07, 6.45) is 4.84. The molecule has 1 N–H and O–H groups in total. The molecule has 4 aromatic rings. The molecule has 158 valence electrons. The fourth-order valence-corrected chi connectivity index (χ4v) is 4.52. The average molecular weight is 423 g/mol.